The van der Waals surface area contributed by atoms with E-state index in [0.717, 1.165) is 22.3 Å². The first-order valence-electron chi connectivity index (χ1n) is 10.3. The van der Waals surface area contributed by atoms with E-state index in [4.69, 9.17) is 0 Å². The number of hydrogen-bond acceptors (Lipinski definition) is 2. The molecule has 0 aliphatic heterocycles. The average Bonchev–Trinajstić information content (AvgIpc) is 2.64. The van der Waals surface area contributed by atoms with E-state index in [1.54, 1.807) is 4.90 Å². The molecule has 0 aromatic heterocycles. The monoisotopic (exact) mass is 394 g/mol. The highest BCUT2D eigenvalue weighted by molar-refractivity contribution is 5.88. The smallest absolute Gasteiger partial charge is 0.242 e. The van der Waals surface area contributed by atoms with Crippen molar-refractivity contribution in [2.45, 2.75) is 66.0 Å². The molecule has 0 spiro atoms. The minimum Gasteiger partial charge on any atom is -0.350 e. The lowest BCUT2D eigenvalue weighted by molar-refractivity contribution is -0.140. The summed E-state index contributed by atoms with van der Waals surface area (Å²) in [6.07, 6.45) is 1.02. The first-order chi connectivity index (χ1) is 13.6. The second kappa shape index (κ2) is 9.73. The van der Waals surface area contributed by atoms with E-state index in [1.807, 2.05) is 77.9 Å². The minimum absolute atomic E-state index is 0.0220. The highest BCUT2D eigenvalue weighted by Crippen LogP contribution is 2.15. The molecule has 0 radical (unpaired) electrons. The molecule has 1 atom stereocenters. The third-order valence-corrected chi connectivity index (χ3v) is 5.00. The largest absolute Gasteiger partial charge is 0.350 e. The van der Waals surface area contributed by atoms with Gasteiger partial charge in [-0.15, -0.1) is 0 Å². The topological polar surface area (TPSA) is 49.4 Å². The van der Waals surface area contributed by atoms with Crippen molar-refractivity contribution < 1.29 is 9.59 Å². The predicted molar refractivity (Wildman–Crippen MR) is 119 cm³/mol. The molecule has 1 N–H and O–H groups in total. The number of carbonyl (C=O) groups excluding carboxylic acids is 2. The fraction of sp³-hybridized carbons (Fsp3) is 0.440. The van der Waals surface area contributed by atoms with Crippen molar-refractivity contribution in [2.75, 3.05) is 6.54 Å². The van der Waals surface area contributed by atoms with Gasteiger partial charge in [-0.2, -0.15) is 0 Å². The Labute approximate surface area is 175 Å². The van der Waals surface area contributed by atoms with Gasteiger partial charge in [-0.1, -0.05) is 54.1 Å². The van der Waals surface area contributed by atoms with Crippen LogP contribution in [0.4, 0.5) is 0 Å². The summed E-state index contributed by atoms with van der Waals surface area (Å²) in [6.45, 7) is 12.2. The zero-order chi connectivity index (χ0) is 21.6. The average molecular weight is 395 g/mol. The van der Waals surface area contributed by atoms with Crippen LogP contribution >= 0.6 is 0 Å². The first kappa shape index (κ1) is 22.7. The van der Waals surface area contributed by atoms with Crippen LogP contribution in [-0.4, -0.2) is 34.8 Å². The Morgan fingerprint density at radius 1 is 1.03 bits per heavy atom. The Balaban J connectivity index is 2.21. The van der Waals surface area contributed by atoms with Crippen molar-refractivity contribution in [3.8, 4) is 0 Å². The Morgan fingerprint density at radius 3 is 2.31 bits per heavy atom. The summed E-state index contributed by atoms with van der Waals surface area (Å²) in [5, 5.41) is 3.00. The van der Waals surface area contributed by atoms with Crippen LogP contribution in [0.2, 0.25) is 0 Å². The Hall–Kier alpha value is -2.62. The molecule has 0 saturated carbocycles. The molecule has 0 fully saturated rings. The zero-order valence-electron chi connectivity index (χ0n) is 18.6. The molecule has 2 rings (SSSR count). The maximum atomic E-state index is 13.3. The standard InChI is InChI=1S/C25H34N2O2/c1-18-12-13-19(2)22(16-18)17-23(28)27(15-14-21-10-8-7-9-11-21)20(3)24(29)26-25(4,5)6/h7-13,16,20H,14-15,17H2,1-6H3,(H,26,29). The van der Waals surface area contributed by atoms with Gasteiger partial charge < -0.3 is 10.2 Å². The number of nitrogens with zero attached hydrogens (tertiary/aromatic N) is 1. The van der Waals surface area contributed by atoms with E-state index in [9.17, 15) is 9.59 Å². The Kier molecular flexibility index (Phi) is 7.60. The molecule has 4 heteroatoms. The SMILES string of the molecule is Cc1ccc(C)c(CC(=O)N(CCc2ccccc2)C(C)C(=O)NC(C)(C)C)c1. The maximum Gasteiger partial charge on any atom is 0.242 e. The summed E-state index contributed by atoms with van der Waals surface area (Å²) in [7, 11) is 0. The summed E-state index contributed by atoms with van der Waals surface area (Å²) < 4.78 is 0. The molecule has 0 heterocycles. The number of amides is 2. The van der Waals surface area contributed by atoms with Gasteiger partial charge in [0.25, 0.3) is 0 Å². The number of hydrogen-bond donors (Lipinski definition) is 1. The van der Waals surface area contributed by atoms with Crippen LogP contribution in [0, 0.1) is 13.8 Å². The van der Waals surface area contributed by atoms with Gasteiger partial charge in [0.1, 0.15) is 6.04 Å². The van der Waals surface area contributed by atoms with E-state index < -0.39 is 6.04 Å². The van der Waals surface area contributed by atoms with Crippen molar-refractivity contribution in [3.05, 3.63) is 70.8 Å². The summed E-state index contributed by atoms with van der Waals surface area (Å²) in [6, 6.07) is 15.7. The van der Waals surface area contributed by atoms with Gasteiger partial charge in [-0.05, 0) is 64.7 Å². The molecule has 2 aromatic rings. The fourth-order valence-corrected chi connectivity index (χ4v) is 3.30. The quantitative estimate of drug-likeness (QED) is 0.764. The Morgan fingerprint density at radius 2 is 1.69 bits per heavy atom. The summed E-state index contributed by atoms with van der Waals surface area (Å²) in [4.78, 5) is 27.8. The molecular formula is C25H34N2O2. The number of carbonyl (C=O) groups is 2. The number of aryl methyl sites for hydroxylation is 2. The van der Waals surface area contributed by atoms with E-state index in [-0.39, 0.29) is 17.4 Å². The van der Waals surface area contributed by atoms with Crippen molar-refractivity contribution >= 4 is 11.8 Å². The van der Waals surface area contributed by atoms with Crippen LogP contribution in [0.3, 0.4) is 0 Å². The van der Waals surface area contributed by atoms with Crippen molar-refractivity contribution in [1.82, 2.24) is 10.2 Å². The lowest BCUT2D eigenvalue weighted by atomic mass is 10.0. The van der Waals surface area contributed by atoms with Gasteiger partial charge in [0.15, 0.2) is 0 Å². The van der Waals surface area contributed by atoms with Crippen molar-refractivity contribution in [1.29, 1.82) is 0 Å². The second-order valence-electron chi connectivity index (χ2n) is 8.84. The third kappa shape index (κ3) is 7.04. The first-order valence-corrected chi connectivity index (χ1v) is 10.3. The van der Waals surface area contributed by atoms with Gasteiger partial charge in [0, 0.05) is 12.1 Å². The Bertz CT molecular complexity index is 838. The normalized spacial score (nSPS) is 12.3. The molecule has 0 aliphatic rings. The van der Waals surface area contributed by atoms with Crippen LogP contribution in [0.5, 0.6) is 0 Å². The molecule has 4 nitrogen and oxygen atoms in total. The van der Waals surface area contributed by atoms with Gasteiger partial charge in [-0.3, -0.25) is 9.59 Å². The minimum atomic E-state index is -0.532. The number of rotatable bonds is 7. The van der Waals surface area contributed by atoms with Gasteiger partial charge >= 0.3 is 0 Å². The van der Waals surface area contributed by atoms with Crippen LogP contribution < -0.4 is 5.32 Å². The number of nitrogens with one attached hydrogen (secondary N) is 1. The molecule has 0 aliphatic carbocycles. The predicted octanol–water partition coefficient (Wildman–Crippen LogP) is 4.22. The maximum absolute atomic E-state index is 13.3. The highest BCUT2D eigenvalue weighted by atomic mass is 16.2. The summed E-state index contributed by atoms with van der Waals surface area (Å²) >= 11 is 0. The van der Waals surface area contributed by atoms with Crippen LogP contribution in [0.1, 0.15) is 49.9 Å². The second-order valence-corrected chi connectivity index (χ2v) is 8.84. The molecule has 1 unspecified atom stereocenters. The molecule has 2 aromatic carbocycles. The lowest BCUT2D eigenvalue weighted by Gasteiger charge is -2.31. The lowest BCUT2D eigenvalue weighted by Crippen LogP contribution is -2.53. The molecule has 0 saturated heterocycles. The van der Waals surface area contributed by atoms with Gasteiger partial charge in [-0.25, -0.2) is 0 Å². The van der Waals surface area contributed by atoms with Crippen molar-refractivity contribution in [2.24, 2.45) is 0 Å². The zero-order valence-corrected chi connectivity index (χ0v) is 18.6. The van der Waals surface area contributed by atoms with Crippen molar-refractivity contribution in [3.63, 3.8) is 0 Å². The molecular weight excluding hydrogens is 360 g/mol. The number of benzene rings is 2. The van der Waals surface area contributed by atoms with E-state index in [1.165, 1.54) is 0 Å². The van der Waals surface area contributed by atoms with Crippen LogP contribution in [0.25, 0.3) is 0 Å². The summed E-state index contributed by atoms with van der Waals surface area (Å²) in [5.41, 5.74) is 4.06. The molecule has 156 valence electrons. The van der Waals surface area contributed by atoms with Gasteiger partial charge in [0.2, 0.25) is 11.8 Å². The van der Waals surface area contributed by atoms with Gasteiger partial charge in [0.05, 0.1) is 6.42 Å². The third-order valence-electron chi connectivity index (χ3n) is 5.00. The molecule has 29 heavy (non-hydrogen) atoms. The van der Waals surface area contributed by atoms with E-state index in [2.05, 4.69) is 17.4 Å². The van der Waals surface area contributed by atoms with Crippen LogP contribution in [0.15, 0.2) is 48.5 Å². The summed E-state index contributed by atoms with van der Waals surface area (Å²) in [5.74, 6) is -0.147. The van der Waals surface area contributed by atoms with E-state index >= 15 is 0 Å². The molecule has 0 bridgehead atoms. The molecule has 2 amide bonds. The van der Waals surface area contributed by atoms with Crippen LogP contribution in [-0.2, 0) is 22.4 Å². The fourth-order valence-electron chi connectivity index (χ4n) is 3.30. The van der Waals surface area contributed by atoms with E-state index in [0.29, 0.717) is 19.4 Å². The highest BCUT2D eigenvalue weighted by Gasteiger charge is 2.28.